The molecule has 1 aromatic heterocycles. The normalized spacial score (nSPS) is 14.1. The summed E-state index contributed by atoms with van der Waals surface area (Å²) in [5, 5.41) is 3.22. The van der Waals surface area contributed by atoms with E-state index in [2.05, 4.69) is 15.3 Å². The summed E-state index contributed by atoms with van der Waals surface area (Å²) in [6.45, 7) is 2.45. The van der Waals surface area contributed by atoms with Gasteiger partial charge in [-0.25, -0.2) is 4.39 Å². The van der Waals surface area contributed by atoms with Crippen LogP contribution in [0.5, 0.6) is 0 Å². The van der Waals surface area contributed by atoms with Gasteiger partial charge in [0.1, 0.15) is 11.7 Å². The highest BCUT2D eigenvalue weighted by Gasteiger charge is 2.12. The zero-order chi connectivity index (χ0) is 16.1. The second-order valence-corrected chi connectivity index (χ2v) is 5.70. The van der Waals surface area contributed by atoms with Crippen molar-refractivity contribution < 1.29 is 4.39 Å². The summed E-state index contributed by atoms with van der Waals surface area (Å²) >= 11 is 0. The molecule has 0 aliphatic carbocycles. The Hall–Kier alpha value is -2.43. The lowest BCUT2D eigenvalue weighted by molar-refractivity contribution is 0.621. The fourth-order valence-electron chi connectivity index (χ4n) is 2.66. The molecule has 0 bridgehead atoms. The van der Waals surface area contributed by atoms with Gasteiger partial charge in [-0.15, -0.1) is 0 Å². The third kappa shape index (κ3) is 3.86. The molecular formula is C18H21FN4. The molecule has 0 fully saturated rings. The molecule has 0 unspecified atom stereocenters. The quantitative estimate of drug-likeness (QED) is 0.923. The highest BCUT2D eigenvalue weighted by molar-refractivity contribution is 5.99. The molecular weight excluding hydrogens is 291 g/mol. The van der Waals surface area contributed by atoms with Crippen LogP contribution in [-0.4, -0.2) is 37.5 Å². The van der Waals surface area contributed by atoms with Crippen molar-refractivity contribution in [1.29, 1.82) is 0 Å². The number of likely N-dealkylation sites (N-methyl/N-ethyl adjacent to an activating group) is 1. The minimum atomic E-state index is -0.213. The molecule has 120 valence electrons. The number of nitrogens with zero attached hydrogens (tertiary/aromatic N) is 3. The number of halogens is 1. The Morgan fingerprint density at radius 3 is 2.74 bits per heavy atom. The first kappa shape index (κ1) is 15.5. The van der Waals surface area contributed by atoms with Gasteiger partial charge in [-0.05, 0) is 48.7 Å². The van der Waals surface area contributed by atoms with Gasteiger partial charge in [0, 0.05) is 44.6 Å². The summed E-state index contributed by atoms with van der Waals surface area (Å²) in [4.78, 5) is 10.4. The first-order valence-electron chi connectivity index (χ1n) is 7.92. The van der Waals surface area contributed by atoms with Crippen LogP contribution in [0.4, 0.5) is 10.1 Å². The minimum Gasteiger partial charge on any atom is -0.372 e. The Bertz CT molecular complexity index is 685. The predicted octanol–water partition coefficient (Wildman–Crippen LogP) is 2.64. The molecule has 4 nitrogen and oxygen atoms in total. The largest absolute Gasteiger partial charge is 0.372 e. The van der Waals surface area contributed by atoms with Gasteiger partial charge < -0.3 is 10.2 Å². The first-order chi connectivity index (χ1) is 11.2. The van der Waals surface area contributed by atoms with Crippen LogP contribution in [0.25, 0.3) is 0 Å². The molecule has 23 heavy (non-hydrogen) atoms. The molecule has 5 heteroatoms. The molecule has 0 atom stereocenters. The van der Waals surface area contributed by atoms with Crippen LogP contribution in [0.15, 0.2) is 47.7 Å². The summed E-state index contributed by atoms with van der Waals surface area (Å²) in [7, 11) is 1.91. The fraction of sp³-hybridized carbons (Fsp3) is 0.333. The zero-order valence-electron chi connectivity index (χ0n) is 13.3. The summed E-state index contributed by atoms with van der Waals surface area (Å²) < 4.78 is 14.4. The van der Waals surface area contributed by atoms with Crippen molar-refractivity contribution >= 4 is 11.5 Å². The molecule has 0 saturated carbocycles. The number of hydrogen-bond donors (Lipinski definition) is 1. The van der Waals surface area contributed by atoms with Crippen molar-refractivity contribution in [2.45, 2.75) is 12.8 Å². The van der Waals surface area contributed by atoms with E-state index in [1.807, 2.05) is 36.2 Å². The van der Waals surface area contributed by atoms with Crippen LogP contribution in [0.2, 0.25) is 0 Å². The number of aliphatic imine (C=N–C) groups is 1. The molecule has 0 saturated heterocycles. The van der Waals surface area contributed by atoms with Gasteiger partial charge in [-0.2, -0.15) is 0 Å². The van der Waals surface area contributed by atoms with E-state index in [1.165, 1.54) is 5.56 Å². The molecule has 2 heterocycles. The van der Waals surface area contributed by atoms with Crippen LogP contribution < -0.4 is 10.2 Å². The highest BCUT2D eigenvalue weighted by Crippen LogP contribution is 2.20. The summed E-state index contributed by atoms with van der Waals surface area (Å²) in [5.41, 5.74) is 2.62. The predicted molar refractivity (Wildman–Crippen MR) is 91.6 cm³/mol. The number of rotatable bonds is 5. The van der Waals surface area contributed by atoms with E-state index in [1.54, 1.807) is 18.5 Å². The SMILES string of the molecule is CN(CCc1ccncc1)c1ccc(C2=NCCCN2)cc1F. The van der Waals surface area contributed by atoms with Crippen LogP contribution in [0.1, 0.15) is 17.5 Å². The van der Waals surface area contributed by atoms with Gasteiger partial charge >= 0.3 is 0 Å². The Balaban J connectivity index is 1.68. The molecule has 1 aliphatic rings. The lowest BCUT2D eigenvalue weighted by atomic mass is 10.1. The van der Waals surface area contributed by atoms with E-state index in [-0.39, 0.29) is 5.82 Å². The van der Waals surface area contributed by atoms with E-state index < -0.39 is 0 Å². The number of hydrogen-bond acceptors (Lipinski definition) is 4. The summed E-state index contributed by atoms with van der Waals surface area (Å²) in [6.07, 6.45) is 5.45. The number of nitrogens with one attached hydrogen (secondary N) is 1. The standard InChI is InChI=1S/C18H21FN4/c1-23(12-7-14-5-10-20-11-6-14)17-4-3-15(13-16(17)19)18-21-8-2-9-22-18/h3-6,10-11,13H,2,7-9,12H2,1H3,(H,21,22). The summed E-state index contributed by atoms with van der Waals surface area (Å²) in [6, 6.07) is 9.30. The van der Waals surface area contributed by atoms with Crippen LogP contribution in [0, 0.1) is 5.82 Å². The van der Waals surface area contributed by atoms with Gasteiger partial charge in [0.05, 0.1) is 5.69 Å². The van der Waals surface area contributed by atoms with Crippen molar-refractivity contribution in [3.63, 3.8) is 0 Å². The molecule has 0 radical (unpaired) electrons. The molecule has 0 amide bonds. The lowest BCUT2D eigenvalue weighted by Gasteiger charge is -2.21. The third-order valence-corrected chi connectivity index (χ3v) is 4.01. The van der Waals surface area contributed by atoms with E-state index in [0.717, 1.165) is 43.9 Å². The molecule has 1 N–H and O–H groups in total. The van der Waals surface area contributed by atoms with Crippen molar-refractivity contribution in [3.05, 3.63) is 59.7 Å². The number of benzene rings is 1. The topological polar surface area (TPSA) is 40.5 Å². The average Bonchev–Trinajstić information content (AvgIpc) is 2.61. The van der Waals surface area contributed by atoms with Gasteiger partial charge in [0.25, 0.3) is 0 Å². The second kappa shape index (κ2) is 7.22. The maximum absolute atomic E-state index is 14.4. The Morgan fingerprint density at radius 2 is 2.04 bits per heavy atom. The summed E-state index contributed by atoms with van der Waals surface area (Å²) in [5.74, 6) is 0.580. The maximum Gasteiger partial charge on any atom is 0.147 e. The molecule has 2 aromatic rings. The average molecular weight is 312 g/mol. The third-order valence-electron chi connectivity index (χ3n) is 4.01. The Morgan fingerprint density at radius 1 is 1.22 bits per heavy atom. The smallest absolute Gasteiger partial charge is 0.147 e. The van der Waals surface area contributed by atoms with E-state index in [4.69, 9.17) is 0 Å². The Kier molecular flexibility index (Phi) is 4.86. The van der Waals surface area contributed by atoms with Crippen molar-refractivity contribution in [2.24, 2.45) is 4.99 Å². The minimum absolute atomic E-state index is 0.213. The Labute approximate surface area is 136 Å². The highest BCUT2D eigenvalue weighted by atomic mass is 19.1. The zero-order valence-corrected chi connectivity index (χ0v) is 13.3. The monoisotopic (exact) mass is 312 g/mol. The van der Waals surface area contributed by atoms with Gasteiger partial charge in [0.15, 0.2) is 0 Å². The van der Waals surface area contributed by atoms with Gasteiger partial charge in [0.2, 0.25) is 0 Å². The van der Waals surface area contributed by atoms with E-state index >= 15 is 0 Å². The van der Waals surface area contributed by atoms with Crippen LogP contribution in [0.3, 0.4) is 0 Å². The molecule has 1 aliphatic heterocycles. The number of aromatic nitrogens is 1. The van der Waals surface area contributed by atoms with Crippen LogP contribution in [-0.2, 0) is 6.42 Å². The van der Waals surface area contributed by atoms with Crippen molar-refractivity contribution in [3.8, 4) is 0 Å². The first-order valence-corrected chi connectivity index (χ1v) is 7.92. The second-order valence-electron chi connectivity index (χ2n) is 5.70. The number of anilines is 1. The van der Waals surface area contributed by atoms with E-state index in [9.17, 15) is 4.39 Å². The van der Waals surface area contributed by atoms with Gasteiger partial charge in [-0.1, -0.05) is 0 Å². The number of pyridine rings is 1. The molecule has 3 rings (SSSR count). The lowest BCUT2D eigenvalue weighted by Crippen LogP contribution is -2.30. The molecule has 1 aromatic carbocycles. The maximum atomic E-state index is 14.4. The van der Waals surface area contributed by atoms with Crippen molar-refractivity contribution in [1.82, 2.24) is 10.3 Å². The van der Waals surface area contributed by atoms with Crippen molar-refractivity contribution in [2.75, 3.05) is 31.6 Å². The number of amidine groups is 1. The van der Waals surface area contributed by atoms with E-state index in [0.29, 0.717) is 5.69 Å². The molecule has 0 spiro atoms. The van der Waals surface area contributed by atoms with Gasteiger partial charge in [-0.3, -0.25) is 9.98 Å². The fourth-order valence-corrected chi connectivity index (χ4v) is 2.66. The van der Waals surface area contributed by atoms with Crippen LogP contribution >= 0.6 is 0 Å².